The maximum absolute atomic E-state index is 11.0. The van der Waals surface area contributed by atoms with Gasteiger partial charge in [0, 0.05) is 13.1 Å². The first-order valence-corrected chi connectivity index (χ1v) is 4.61. The topological polar surface area (TPSA) is 75.3 Å². The van der Waals surface area contributed by atoms with Gasteiger partial charge in [0.1, 0.15) is 5.54 Å². The summed E-state index contributed by atoms with van der Waals surface area (Å²) in [7, 11) is 0. The molecule has 0 amide bonds. The minimum Gasteiger partial charge on any atom is -0.480 e. The summed E-state index contributed by atoms with van der Waals surface area (Å²) in [6.07, 6.45) is 0.613. The van der Waals surface area contributed by atoms with Crippen LogP contribution in [0.3, 0.4) is 0 Å². The highest BCUT2D eigenvalue weighted by Gasteiger charge is 2.32. The molecule has 4 heteroatoms. The van der Waals surface area contributed by atoms with Crippen LogP contribution in [0.4, 0.5) is 0 Å². The summed E-state index contributed by atoms with van der Waals surface area (Å²) in [6.45, 7) is 6.71. The van der Waals surface area contributed by atoms with E-state index in [1.807, 2.05) is 13.8 Å². The number of carbonyl (C=O) groups is 1. The monoisotopic (exact) mass is 188 g/mol. The Morgan fingerprint density at radius 2 is 2.15 bits per heavy atom. The second-order valence-corrected chi connectivity index (χ2v) is 3.95. The summed E-state index contributed by atoms with van der Waals surface area (Å²) in [6, 6.07) is 0. The third kappa shape index (κ3) is 4.24. The molecule has 1 atom stereocenters. The van der Waals surface area contributed by atoms with Crippen molar-refractivity contribution >= 4 is 5.97 Å². The van der Waals surface area contributed by atoms with Crippen LogP contribution in [0, 0.1) is 5.92 Å². The quantitative estimate of drug-likeness (QED) is 0.565. The highest BCUT2D eigenvalue weighted by atomic mass is 16.4. The SMILES string of the molecule is CC(C)CC(C)(NCCN)C(=O)O. The van der Waals surface area contributed by atoms with Crippen LogP contribution in [0.25, 0.3) is 0 Å². The van der Waals surface area contributed by atoms with Crippen LogP contribution in [0.5, 0.6) is 0 Å². The van der Waals surface area contributed by atoms with Crippen LogP contribution in [-0.2, 0) is 4.79 Å². The molecule has 0 rings (SSSR count). The molecule has 0 aromatic carbocycles. The number of nitrogens with one attached hydrogen (secondary N) is 1. The Balaban J connectivity index is 4.25. The van der Waals surface area contributed by atoms with Crippen molar-refractivity contribution in [3.8, 4) is 0 Å². The number of carboxylic acids is 1. The normalized spacial score (nSPS) is 15.8. The fourth-order valence-corrected chi connectivity index (χ4v) is 1.40. The van der Waals surface area contributed by atoms with Gasteiger partial charge in [-0.2, -0.15) is 0 Å². The predicted molar refractivity (Wildman–Crippen MR) is 52.6 cm³/mol. The summed E-state index contributed by atoms with van der Waals surface area (Å²) >= 11 is 0. The molecule has 0 aromatic heterocycles. The van der Waals surface area contributed by atoms with E-state index in [2.05, 4.69) is 5.32 Å². The molecule has 13 heavy (non-hydrogen) atoms. The molecule has 0 aliphatic heterocycles. The number of nitrogens with two attached hydrogens (primary N) is 1. The van der Waals surface area contributed by atoms with E-state index in [0.29, 0.717) is 25.4 Å². The zero-order valence-electron chi connectivity index (χ0n) is 8.63. The molecule has 0 heterocycles. The van der Waals surface area contributed by atoms with Gasteiger partial charge in [0.2, 0.25) is 0 Å². The minimum absolute atomic E-state index is 0.353. The molecule has 0 aliphatic rings. The van der Waals surface area contributed by atoms with Gasteiger partial charge < -0.3 is 16.2 Å². The summed E-state index contributed by atoms with van der Waals surface area (Å²) in [5.41, 5.74) is 4.47. The fourth-order valence-electron chi connectivity index (χ4n) is 1.40. The second kappa shape index (κ2) is 5.19. The van der Waals surface area contributed by atoms with Gasteiger partial charge in [-0.3, -0.25) is 4.79 Å². The largest absolute Gasteiger partial charge is 0.480 e. The Hall–Kier alpha value is -0.610. The van der Waals surface area contributed by atoms with Crippen LogP contribution in [-0.4, -0.2) is 29.7 Å². The van der Waals surface area contributed by atoms with Crippen LogP contribution >= 0.6 is 0 Å². The molecule has 0 aromatic rings. The third-order valence-electron chi connectivity index (χ3n) is 1.95. The lowest BCUT2D eigenvalue weighted by Gasteiger charge is -2.27. The van der Waals surface area contributed by atoms with E-state index in [9.17, 15) is 4.79 Å². The van der Waals surface area contributed by atoms with E-state index in [1.165, 1.54) is 0 Å². The van der Waals surface area contributed by atoms with Crippen LogP contribution < -0.4 is 11.1 Å². The Labute approximate surface area is 79.5 Å². The van der Waals surface area contributed by atoms with Crippen molar-refractivity contribution in [1.29, 1.82) is 0 Å². The van der Waals surface area contributed by atoms with Crippen molar-refractivity contribution in [3.63, 3.8) is 0 Å². The van der Waals surface area contributed by atoms with Gasteiger partial charge >= 0.3 is 5.97 Å². The highest BCUT2D eigenvalue weighted by Crippen LogP contribution is 2.16. The first-order valence-electron chi connectivity index (χ1n) is 4.61. The van der Waals surface area contributed by atoms with Gasteiger partial charge in [0.05, 0.1) is 0 Å². The molecular formula is C9H20N2O2. The number of aliphatic carboxylic acids is 1. The molecule has 0 saturated carbocycles. The molecule has 0 spiro atoms. The molecule has 0 bridgehead atoms. The van der Waals surface area contributed by atoms with E-state index in [4.69, 9.17) is 10.8 Å². The van der Waals surface area contributed by atoms with Gasteiger partial charge in [-0.25, -0.2) is 0 Å². The number of hydrogen-bond donors (Lipinski definition) is 3. The Bertz CT molecular complexity index is 171. The van der Waals surface area contributed by atoms with Gasteiger partial charge in [0.25, 0.3) is 0 Å². The summed E-state index contributed by atoms with van der Waals surface area (Å²) in [5.74, 6) is -0.457. The fraction of sp³-hybridized carbons (Fsp3) is 0.889. The van der Waals surface area contributed by atoms with Crippen molar-refractivity contribution in [1.82, 2.24) is 5.32 Å². The first kappa shape index (κ1) is 12.4. The summed E-state index contributed by atoms with van der Waals surface area (Å²) < 4.78 is 0. The van der Waals surface area contributed by atoms with E-state index in [1.54, 1.807) is 6.92 Å². The molecule has 0 radical (unpaired) electrons. The Morgan fingerprint density at radius 1 is 1.62 bits per heavy atom. The minimum atomic E-state index is -0.840. The summed E-state index contributed by atoms with van der Waals surface area (Å²) in [4.78, 5) is 11.0. The number of carboxylic acid groups (broad SMARTS) is 1. The summed E-state index contributed by atoms with van der Waals surface area (Å²) in [5, 5.41) is 12.0. The van der Waals surface area contributed by atoms with E-state index < -0.39 is 11.5 Å². The lowest BCUT2D eigenvalue weighted by atomic mass is 9.91. The predicted octanol–water partition coefficient (Wildman–Crippen LogP) is 0.424. The van der Waals surface area contributed by atoms with Crippen molar-refractivity contribution < 1.29 is 9.90 Å². The van der Waals surface area contributed by atoms with Crippen LogP contribution in [0.2, 0.25) is 0 Å². The van der Waals surface area contributed by atoms with Crippen molar-refractivity contribution in [2.75, 3.05) is 13.1 Å². The molecule has 4 nitrogen and oxygen atoms in total. The Kier molecular flexibility index (Phi) is 4.95. The van der Waals surface area contributed by atoms with Crippen molar-refractivity contribution in [2.24, 2.45) is 11.7 Å². The molecule has 78 valence electrons. The molecule has 4 N–H and O–H groups in total. The lowest BCUT2D eigenvalue weighted by molar-refractivity contribution is -0.144. The zero-order valence-corrected chi connectivity index (χ0v) is 8.63. The zero-order chi connectivity index (χ0) is 10.5. The van der Waals surface area contributed by atoms with Crippen LogP contribution in [0.15, 0.2) is 0 Å². The molecule has 0 fully saturated rings. The number of rotatable bonds is 6. The van der Waals surface area contributed by atoms with Gasteiger partial charge in [-0.1, -0.05) is 13.8 Å². The van der Waals surface area contributed by atoms with E-state index >= 15 is 0 Å². The highest BCUT2D eigenvalue weighted by molar-refractivity contribution is 5.78. The maximum Gasteiger partial charge on any atom is 0.323 e. The lowest BCUT2D eigenvalue weighted by Crippen LogP contribution is -2.51. The van der Waals surface area contributed by atoms with Gasteiger partial charge in [-0.15, -0.1) is 0 Å². The Morgan fingerprint density at radius 3 is 2.46 bits per heavy atom. The second-order valence-electron chi connectivity index (χ2n) is 3.95. The van der Waals surface area contributed by atoms with E-state index in [-0.39, 0.29) is 0 Å². The van der Waals surface area contributed by atoms with Gasteiger partial charge in [-0.05, 0) is 19.3 Å². The number of hydrogen-bond acceptors (Lipinski definition) is 3. The average molecular weight is 188 g/mol. The molecule has 1 unspecified atom stereocenters. The standard InChI is InChI=1S/C9H20N2O2/c1-7(2)6-9(3,8(12)13)11-5-4-10/h7,11H,4-6,10H2,1-3H3,(H,12,13). The first-order chi connectivity index (χ1) is 5.92. The van der Waals surface area contributed by atoms with Crippen LogP contribution in [0.1, 0.15) is 27.2 Å². The molecule has 0 aliphatic carbocycles. The third-order valence-corrected chi connectivity index (χ3v) is 1.95. The van der Waals surface area contributed by atoms with Crippen molar-refractivity contribution in [3.05, 3.63) is 0 Å². The smallest absolute Gasteiger partial charge is 0.323 e. The van der Waals surface area contributed by atoms with Crippen molar-refractivity contribution in [2.45, 2.75) is 32.7 Å². The molecule has 0 saturated heterocycles. The van der Waals surface area contributed by atoms with E-state index in [0.717, 1.165) is 0 Å². The van der Waals surface area contributed by atoms with Gasteiger partial charge in [0.15, 0.2) is 0 Å². The molecular weight excluding hydrogens is 168 g/mol. The maximum atomic E-state index is 11.0. The average Bonchev–Trinajstić information content (AvgIpc) is 1.99.